The molecular weight excluding hydrogens is 572 g/mol. The molecule has 0 aromatic heterocycles. The van der Waals surface area contributed by atoms with E-state index in [1.165, 1.54) is 0 Å². The topological polar surface area (TPSA) is 102 Å². The van der Waals surface area contributed by atoms with Crippen LogP contribution in [0.1, 0.15) is 49.5 Å². The normalized spacial score (nSPS) is 15.8. The predicted molar refractivity (Wildman–Crippen MR) is 176 cm³/mol. The molecule has 2 aliphatic heterocycles. The molecule has 2 amide bonds. The van der Waals surface area contributed by atoms with Gasteiger partial charge in [-0.2, -0.15) is 0 Å². The minimum Gasteiger partial charge on any atom is -0.493 e. The number of benzene rings is 3. The Morgan fingerprint density at radius 1 is 0.889 bits per heavy atom. The van der Waals surface area contributed by atoms with Gasteiger partial charge in [-0.15, -0.1) is 0 Å². The molecule has 0 aliphatic carbocycles. The number of nitrogens with one attached hydrogen (secondary N) is 2. The molecule has 0 atom stereocenters. The minimum absolute atomic E-state index is 0.123. The summed E-state index contributed by atoms with van der Waals surface area (Å²) in [5.41, 5.74) is 4.55. The lowest BCUT2D eigenvalue weighted by molar-refractivity contribution is 0.0124. The van der Waals surface area contributed by atoms with Gasteiger partial charge in [-0.25, -0.2) is 4.79 Å². The van der Waals surface area contributed by atoms with Crippen LogP contribution in [0, 0.1) is 6.92 Å². The van der Waals surface area contributed by atoms with Crippen molar-refractivity contribution in [1.29, 1.82) is 0 Å². The molecule has 45 heavy (non-hydrogen) atoms. The fraction of sp³-hybridized carbons (Fsp3) is 0.429. The number of amides is 2. The number of carbonyl (C=O) groups excluding carboxylic acids is 2. The largest absolute Gasteiger partial charge is 0.493 e. The van der Waals surface area contributed by atoms with Crippen LogP contribution in [0.5, 0.6) is 11.5 Å². The molecule has 3 aromatic rings. The SMILES string of the molecule is COc1ccc(C(=O)Nc2cc(Nc3cccc(N4CCOCC4)c3)ccc2C)cc1OC1CCN(C(=O)OC(C)(C)C)CC1. The van der Waals surface area contributed by atoms with Crippen LogP contribution in [0.25, 0.3) is 0 Å². The zero-order valence-electron chi connectivity index (χ0n) is 26.9. The highest BCUT2D eigenvalue weighted by molar-refractivity contribution is 6.05. The molecule has 2 saturated heterocycles. The highest BCUT2D eigenvalue weighted by Gasteiger charge is 2.28. The Hall–Kier alpha value is -4.44. The van der Waals surface area contributed by atoms with Crippen LogP contribution in [-0.4, -0.2) is 75.1 Å². The first-order valence-corrected chi connectivity index (χ1v) is 15.5. The van der Waals surface area contributed by atoms with Crippen LogP contribution in [0.4, 0.5) is 27.5 Å². The molecule has 10 heteroatoms. The van der Waals surface area contributed by atoms with E-state index in [1.54, 1.807) is 30.2 Å². The standard InChI is InChI=1S/C35H44N4O6/c1-24-9-11-27(36-26-7-6-8-28(22-26)38-17-19-43-20-18-38)23-30(24)37-33(40)25-10-12-31(42-5)32(21-25)44-29-13-15-39(16-14-29)34(41)45-35(2,3)4/h6-12,21-23,29,36H,13-20H2,1-5H3,(H,37,40). The number of piperidine rings is 1. The minimum atomic E-state index is -0.537. The molecule has 0 saturated carbocycles. The molecule has 0 radical (unpaired) electrons. The lowest BCUT2D eigenvalue weighted by atomic mass is 10.1. The van der Waals surface area contributed by atoms with Gasteiger partial charge in [0.25, 0.3) is 5.91 Å². The number of likely N-dealkylation sites (tertiary alicyclic amines) is 1. The number of hydrogen-bond acceptors (Lipinski definition) is 8. The Bertz CT molecular complexity index is 1490. The molecule has 2 aliphatic rings. The predicted octanol–water partition coefficient (Wildman–Crippen LogP) is 6.61. The van der Waals surface area contributed by atoms with Gasteiger partial charge in [-0.05, 0) is 81.8 Å². The second-order valence-corrected chi connectivity index (χ2v) is 12.4. The molecule has 2 N–H and O–H groups in total. The number of carbonyl (C=O) groups is 2. The summed E-state index contributed by atoms with van der Waals surface area (Å²) in [5.74, 6) is 0.785. The molecule has 0 unspecified atom stereocenters. The van der Waals surface area contributed by atoms with E-state index in [1.807, 2.05) is 58.0 Å². The Balaban J connectivity index is 1.23. The van der Waals surface area contributed by atoms with Crippen LogP contribution in [0.15, 0.2) is 60.7 Å². The van der Waals surface area contributed by atoms with Gasteiger partial charge in [0.15, 0.2) is 11.5 Å². The second kappa shape index (κ2) is 14.1. The fourth-order valence-corrected chi connectivity index (χ4v) is 5.37. The van der Waals surface area contributed by atoms with Crippen LogP contribution in [0.2, 0.25) is 0 Å². The van der Waals surface area contributed by atoms with Gasteiger partial charge in [0, 0.05) is 67.3 Å². The maximum absolute atomic E-state index is 13.4. The van der Waals surface area contributed by atoms with Gasteiger partial charge >= 0.3 is 6.09 Å². The maximum Gasteiger partial charge on any atom is 0.410 e. The Morgan fingerprint density at radius 2 is 1.62 bits per heavy atom. The van der Waals surface area contributed by atoms with Crippen molar-refractivity contribution in [3.8, 4) is 11.5 Å². The van der Waals surface area contributed by atoms with Crippen molar-refractivity contribution in [3.63, 3.8) is 0 Å². The Kier molecular flexibility index (Phi) is 10.0. The van der Waals surface area contributed by atoms with E-state index in [0.29, 0.717) is 48.7 Å². The van der Waals surface area contributed by atoms with Gasteiger partial charge in [0.2, 0.25) is 0 Å². The summed E-state index contributed by atoms with van der Waals surface area (Å²) in [5, 5.41) is 6.54. The Labute approximate surface area is 265 Å². The number of rotatable bonds is 8. The van der Waals surface area contributed by atoms with Crippen molar-refractivity contribution in [2.75, 3.05) is 62.0 Å². The molecule has 240 valence electrons. The van der Waals surface area contributed by atoms with Crippen molar-refractivity contribution >= 4 is 34.7 Å². The third-order valence-electron chi connectivity index (χ3n) is 7.81. The highest BCUT2D eigenvalue weighted by Crippen LogP contribution is 2.32. The lowest BCUT2D eigenvalue weighted by Gasteiger charge is -2.33. The average molecular weight is 617 g/mol. The van der Waals surface area contributed by atoms with Crippen LogP contribution < -0.4 is 25.0 Å². The molecule has 2 heterocycles. The van der Waals surface area contributed by atoms with Gasteiger partial charge in [-0.3, -0.25) is 4.79 Å². The number of nitrogens with zero attached hydrogens (tertiary/aromatic N) is 2. The first-order valence-electron chi connectivity index (χ1n) is 15.5. The number of anilines is 4. The van der Waals surface area contributed by atoms with Gasteiger partial charge in [-0.1, -0.05) is 12.1 Å². The second-order valence-electron chi connectivity index (χ2n) is 12.4. The summed E-state index contributed by atoms with van der Waals surface area (Å²) in [6.07, 6.45) is 0.858. The number of methoxy groups -OCH3 is 1. The number of aryl methyl sites for hydroxylation is 1. The lowest BCUT2D eigenvalue weighted by Crippen LogP contribution is -2.44. The number of morpholine rings is 1. The first-order chi connectivity index (χ1) is 21.6. The molecule has 0 bridgehead atoms. The molecular formula is C35H44N4O6. The van der Waals surface area contributed by atoms with Crippen LogP contribution in [-0.2, 0) is 9.47 Å². The molecule has 10 nitrogen and oxygen atoms in total. The summed E-state index contributed by atoms with van der Waals surface area (Å²) < 4.78 is 22.8. The van der Waals surface area contributed by atoms with E-state index in [-0.39, 0.29) is 18.1 Å². The molecule has 3 aromatic carbocycles. The van der Waals surface area contributed by atoms with Gasteiger partial charge in [0.1, 0.15) is 11.7 Å². The highest BCUT2D eigenvalue weighted by atomic mass is 16.6. The maximum atomic E-state index is 13.4. The quantitative estimate of drug-likeness (QED) is 0.292. The average Bonchev–Trinajstić information content (AvgIpc) is 3.02. The Morgan fingerprint density at radius 3 is 2.33 bits per heavy atom. The van der Waals surface area contributed by atoms with Crippen molar-refractivity contribution in [1.82, 2.24) is 4.90 Å². The summed E-state index contributed by atoms with van der Waals surface area (Å²) in [6, 6.07) is 19.4. The number of hydrogen-bond donors (Lipinski definition) is 2. The van der Waals surface area contributed by atoms with Crippen LogP contribution >= 0.6 is 0 Å². The fourth-order valence-electron chi connectivity index (χ4n) is 5.37. The first kappa shape index (κ1) is 32.0. The summed E-state index contributed by atoms with van der Waals surface area (Å²) in [4.78, 5) is 29.9. The van der Waals surface area contributed by atoms with E-state index in [2.05, 4.69) is 27.7 Å². The molecule has 0 spiro atoms. The van der Waals surface area contributed by atoms with E-state index >= 15 is 0 Å². The third-order valence-corrected chi connectivity index (χ3v) is 7.81. The van der Waals surface area contributed by atoms with Gasteiger partial charge in [0.05, 0.1) is 20.3 Å². The summed E-state index contributed by atoms with van der Waals surface area (Å²) >= 11 is 0. The smallest absolute Gasteiger partial charge is 0.410 e. The van der Waals surface area contributed by atoms with E-state index in [4.69, 9.17) is 18.9 Å². The van der Waals surface area contributed by atoms with Crippen molar-refractivity contribution in [3.05, 3.63) is 71.8 Å². The van der Waals surface area contributed by atoms with Crippen molar-refractivity contribution < 1.29 is 28.5 Å². The van der Waals surface area contributed by atoms with Crippen molar-refractivity contribution in [2.45, 2.75) is 52.2 Å². The van der Waals surface area contributed by atoms with Gasteiger partial charge < -0.3 is 39.4 Å². The molecule has 5 rings (SSSR count). The third kappa shape index (κ3) is 8.60. The number of ether oxygens (including phenoxy) is 4. The summed E-state index contributed by atoms with van der Waals surface area (Å²) in [6.45, 7) is 11.8. The van der Waals surface area contributed by atoms with Crippen LogP contribution in [0.3, 0.4) is 0 Å². The zero-order valence-corrected chi connectivity index (χ0v) is 26.9. The zero-order chi connectivity index (χ0) is 32.0. The summed E-state index contributed by atoms with van der Waals surface area (Å²) in [7, 11) is 1.57. The van der Waals surface area contributed by atoms with Crippen molar-refractivity contribution in [2.24, 2.45) is 0 Å². The van der Waals surface area contributed by atoms with E-state index in [9.17, 15) is 9.59 Å². The van der Waals surface area contributed by atoms with E-state index in [0.717, 1.165) is 48.9 Å². The molecule has 2 fully saturated rings. The van der Waals surface area contributed by atoms with E-state index < -0.39 is 5.60 Å². The monoisotopic (exact) mass is 616 g/mol.